The topological polar surface area (TPSA) is 69.0 Å². The van der Waals surface area contributed by atoms with E-state index in [1.54, 1.807) is 6.20 Å². The zero-order valence-electron chi connectivity index (χ0n) is 12.9. The third-order valence-electron chi connectivity index (χ3n) is 4.18. The molecule has 1 saturated heterocycles. The monoisotopic (exact) mass is 318 g/mol. The van der Waals surface area contributed by atoms with Crippen LogP contribution in [0.5, 0.6) is 0 Å². The van der Waals surface area contributed by atoms with Gasteiger partial charge in [-0.1, -0.05) is 0 Å². The number of carbonyl (C=O) groups excluding carboxylic acids is 1. The molecular weight excluding hydrogens is 299 g/mol. The van der Waals surface area contributed by atoms with Gasteiger partial charge in [0.05, 0.1) is 17.8 Å². The van der Waals surface area contributed by atoms with Crippen LogP contribution in [-0.4, -0.2) is 33.7 Å². The zero-order chi connectivity index (χ0) is 16.2. The van der Waals surface area contributed by atoms with Crippen molar-refractivity contribution in [1.82, 2.24) is 19.9 Å². The molecule has 1 fully saturated rings. The van der Waals surface area contributed by atoms with Gasteiger partial charge in [0, 0.05) is 38.9 Å². The highest BCUT2D eigenvalue weighted by atomic mass is 19.1. The summed E-state index contributed by atoms with van der Waals surface area (Å²) in [7, 11) is 1.88. The van der Waals surface area contributed by atoms with Gasteiger partial charge >= 0.3 is 0 Å². The highest BCUT2D eigenvalue weighted by molar-refractivity contribution is 5.94. The fourth-order valence-electron chi connectivity index (χ4n) is 2.90. The van der Waals surface area contributed by atoms with Gasteiger partial charge in [-0.25, -0.2) is 9.37 Å². The number of imidazole rings is 1. The molecule has 2 aromatic heterocycles. The molecule has 1 amide bonds. The third kappa shape index (κ3) is 3.39. The number of aryl methyl sites for hydroxylation is 1. The number of hydrogen-bond acceptors (Lipinski definition) is 4. The zero-order valence-corrected chi connectivity index (χ0v) is 12.9. The van der Waals surface area contributed by atoms with Crippen LogP contribution in [0.3, 0.4) is 0 Å². The van der Waals surface area contributed by atoms with Gasteiger partial charge in [0.1, 0.15) is 5.82 Å². The summed E-state index contributed by atoms with van der Waals surface area (Å²) in [5.74, 6) is -0.113. The molecule has 0 saturated carbocycles. The van der Waals surface area contributed by atoms with E-state index >= 15 is 0 Å². The molecule has 23 heavy (non-hydrogen) atoms. The lowest BCUT2D eigenvalue weighted by molar-refractivity contribution is 0.0498. The van der Waals surface area contributed by atoms with E-state index in [0.29, 0.717) is 13.2 Å². The Kier molecular flexibility index (Phi) is 4.66. The minimum absolute atomic E-state index is 0.00808. The summed E-state index contributed by atoms with van der Waals surface area (Å²) in [6.07, 6.45) is 7.64. The van der Waals surface area contributed by atoms with E-state index in [1.165, 1.54) is 12.3 Å². The number of rotatable bonds is 4. The molecule has 122 valence electrons. The first-order chi connectivity index (χ1) is 11.2. The molecule has 0 radical (unpaired) electrons. The second kappa shape index (κ2) is 6.87. The van der Waals surface area contributed by atoms with Gasteiger partial charge in [-0.3, -0.25) is 9.78 Å². The molecule has 1 atom stereocenters. The summed E-state index contributed by atoms with van der Waals surface area (Å²) >= 11 is 0. The lowest BCUT2D eigenvalue weighted by Crippen LogP contribution is -2.37. The first kappa shape index (κ1) is 15.6. The normalized spacial score (nSPS) is 17.0. The number of hydrogen-bond donors (Lipinski definition) is 1. The second-order valence-electron chi connectivity index (χ2n) is 5.65. The Morgan fingerprint density at radius 2 is 2.22 bits per heavy atom. The lowest BCUT2D eigenvalue weighted by Gasteiger charge is -2.30. The Morgan fingerprint density at radius 1 is 1.43 bits per heavy atom. The maximum atomic E-state index is 13.8. The highest BCUT2D eigenvalue weighted by Gasteiger charge is 2.30. The smallest absolute Gasteiger partial charge is 0.254 e. The standard InChI is InChI=1S/C16H19FN4O2/c1-21-7-6-19-15(21)14(11-3-8-23-9-4-11)20-16(22)12-2-5-18-10-13(12)17/h2,5-7,10-11,14H,3-4,8-9H2,1H3,(H,20,22)/t14-/m0/s1. The van der Waals surface area contributed by atoms with Crippen LogP contribution in [-0.2, 0) is 11.8 Å². The lowest BCUT2D eigenvalue weighted by atomic mass is 9.90. The number of halogens is 1. The predicted octanol–water partition coefficient (Wildman–Crippen LogP) is 1.85. The summed E-state index contributed by atoms with van der Waals surface area (Å²) in [5.41, 5.74) is -0.00808. The first-order valence-electron chi connectivity index (χ1n) is 7.62. The van der Waals surface area contributed by atoms with Crippen molar-refractivity contribution >= 4 is 5.91 Å². The van der Waals surface area contributed by atoms with Crippen molar-refractivity contribution in [2.75, 3.05) is 13.2 Å². The van der Waals surface area contributed by atoms with E-state index in [4.69, 9.17) is 4.74 Å². The van der Waals surface area contributed by atoms with Crippen molar-refractivity contribution in [2.45, 2.75) is 18.9 Å². The number of carbonyl (C=O) groups is 1. The molecule has 1 aliphatic rings. The second-order valence-corrected chi connectivity index (χ2v) is 5.65. The third-order valence-corrected chi connectivity index (χ3v) is 4.18. The van der Waals surface area contributed by atoms with Crippen molar-refractivity contribution in [2.24, 2.45) is 13.0 Å². The van der Waals surface area contributed by atoms with Gasteiger partial charge in [-0.2, -0.15) is 0 Å². The summed E-state index contributed by atoms with van der Waals surface area (Å²) in [6.45, 7) is 1.32. The number of nitrogens with one attached hydrogen (secondary N) is 1. The number of amides is 1. The molecule has 3 heterocycles. The van der Waals surface area contributed by atoms with Crippen molar-refractivity contribution < 1.29 is 13.9 Å². The Hall–Kier alpha value is -2.28. The molecule has 7 heteroatoms. The van der Waals surface area contributed by atoms with Gasteiger partial charge in [-0.15, -0.1) is 0 Å². The van der Waals surface area contributed by atoms with Gasteiger partial charge in [0.2, 0.25) is 0 Å². The molecule has 0 bridgehead atoms. The van der Waals surface area contributed by atoms with Crippen LogP contribution < -0.4 is 5.32 Å². The Morgan fingerprint density at radius 3 is 2.87 bits per heavy atom. The van der Waals surface area contributed by atoms with Crippen LogP contribution >= 0.6 is 0 Å². The SMILES string of the molecule is Cn1ccnc1[C@@H](NC(=O)c1ccncc1F)C1CCOCC1. The minimum atomic E-state index is -0.629. The van der Waals surface area contributed by atoms with Crippen molar-refractivity contribution in [1.29, 1.82) is 0 Å². The van der Waals surface area contributed by atoms with Crippen LogP contribution in [0.15, 0.2) is 30.9 Å². The summed E-state index contributed by atoms with van der Waals surface area (Å²) in [6, 6.07) is 1.10. The fraction of sp³-hybridized carbons (Fsp3) is 0.438. The summed E-state index contributed by atoms with van der Waals surface area (Å²) < 4.78 is 21.1. The van der Waals surface area contributed by atoms with E-state index in [2.05, 4.69) is 15.3 Å². The van der Waals surface area contributed by atoms with Crippen LogP contribution in [0.4, 0.5) is 4.39 Å². The van der Waals surface area contributed by atoms with E-state index in [-0.39, 0.29) is 17.5 Å². The predicted molar refractivity (Wildman–Crippen MR) is 81.2 cm³/mol. The maximum Gasteiger partial charge on any atom is 0.254 e. The quantitative estimate of drug-likeness (QED) is 0.934. The number of ether oxygens (including phenoxy) is 1. The number of pyridine rings is 1. The number of nitrogens with zero attached hydrogens (tertiary/aromatic N) is 3. The number of aromatic nitrogens is 3. The Labute approximate surface area is 133 Å². The van der Waals surface area contributed by atoms with Gasteiger partial charge < -0.3 is 14.6 Å². The van der Waals surface area contributed by atoms with Crippen molar-refractivity contribution in [3.8, 4) is 0 Å². The van der Waals surface area contributed by atoms with E-state index < -0.39 is 11.7 Å². The minimum Gasteiger partial charge on any atom is -0.381 e. The molecule has 0 aromatic carbocycles. The van der Waals surface area contributed by atoms with E-state index in [0.717, 1.165) is 24.9 Å². The molecule has 3 rings (SSSR count). The summed E-state index contributed by atoms with van der Waals surface area (Å²) in [4.78, 5) is 20.5. The molecule has 0 spiro atoms. The van der Waals surface area contributed by atoms with Crippen LogP contribution in [0, 0.1) is 11.7 Å². The Balaban J connectivity index is 1.85. The average Bonchev–Trinajstić information content (AvgIpc) is 2.99. The average molecular weight is 318 g/mol. The van der Waals surface area contributed by atoms with E-state index in [1.807, 2.05) is 17.8 Å². The van der Waals surface area contributed by atoms with Gasteiger partial charge in [0.25, 0.3) is 5.91 Å². The van der Waals surface area contributed by atoms with Gasteiger partial charge in [-0.05, 0) is 24.8 Å². The van der Waals surface area contributed by atoms with Crippen molar-refractivity contribution in [3.05, 3.63) is 48.1 Å². The molecular formula is C16H19FN4O2. The molecule has 1 N–H and O–H groups in total. The summed E-state index contributed by atoms with van der Waals surface area (Å²) in [5, 5.41) is 2.94. The Bertz CT molecular complexity index is 682. The largest absolute Gasteiger partial charge is 0.381 e. The van der Waals surface area contributed by atoms with Gasteiger partial charge in [0.15, 0.2) is 5.82 Å². The highest BCUT2D eigenvalue weighted by Crippen LogP contribution is 2.29. The van der Waals surface area contributed by atoms with Crippen LogP contribution in [0.2, 0.25) is 0 Å². The maximum absolute atomic E-state index is 13.8. The van der Waals surface area contributed by atoms with Crippen LogP contribution in [0.1, 0.15) is 35.1 Å². The van der Waals surface area contributed by atoms with E-state index in [9.17, 15) is 9.18 Å². The van der Waals surface area contributed by atoms with Crippen LogP contribution in [0.25, 0.3) is 0 Å². The molecule has 1 aliphatic heterocycles. The fourth-order valence-corrected chi connectivity index (χ4v) is 2.90. The molecule has 6 nitrogen and oxygen atoms in total. The van der Waals surface area contributed by atoms with Crippen molar-refractivity contribution in [3.63, 3.8) is 0 Å². The molecule has 2 aromatic rings. The molecule has 0 unspecified atom stereocenters. The first-order valence-corrected chi connectivity index (χ1v) is 7.62. The molecule has 0 aliphatic carbocycles.